The number of nitrogens with one attached hydrogen (secondary N) is 1. The first-order chi connectivity index (χ1) is 12.1. The fourth-order valence-corrected chi connectivity index (χ4v) is 3.71. The van der Waals surface area contributed by atoms with E-state index in [1.54, 1.807) is 0 Å². The highest BCUT2D eigenvalue weighted by atomic mass is 35.5. The zero-order chi connectivity index (χ0) is 17.3. The van der Waals surface area contributed by atoms with Crippen molar-refractivity contribution in [2.75, 3.05) is 18.5 Å². The van der Waals surface area contributed by atoms with Crippen LogP contribution in [0.2, 0.25) is 0 Å². The molecule has 1 amide bonds. The van der Waals surface area contributed by atoms with Gasteiger partial charge < -0.3 is 15.8 Å². The standard InChI is InChI=1S/C19H19N3O2S.ClH/c20-19(7-9-24-10-8-19)17(23)22-18-21-16(12-25-18)15-6-5-13-3-1-2-4-14(13)11-15;/h1-6,11-12H,7-10,20H2,(H,21,22,23);1H. The summed E-state index contributed by atoms with van der Waals surface area (Å²) in [5, 5.41) is 7.75. The second-order valence-electron chi connectivity index (χ2n) is 6.32. The molecule has 3 aromatic rings. The number of thiazole rings is 1. The molecule has 1 aliphatic rings. The number of carbonyl (C=O) groups excluding carboxylic acids is 1. The SMILES string of the molecule is Cl.NC1(C(=O)Nc2nc(-c3ccc4ccccc4c3)cs2)CCOCC1. The van der Waals surface area contributed by atoms with E-state index in [2.05, 4.69) is 34.6 Å². The molecule has 26 heavy (non-hydrogen) atoms. The molecule has 2 heterocycles. The van der Waals surface area contributed by atoms with E-state index in [4.69, 9.17) is 10.5 Å². The summed E-state index contributed by atoms with van der Waals surface area (Å²) in [5.41, 5.74) is 7.23. The molecule has 0 bridgehead atoms. The molecule has 136 valence electrons. The Morgan fingerprint density at radius 2 is 1.88 bits per heavy atom. The van der Waals surface area contributed by atoms with Gasteiger partial charge in [0.15, 0.2) is 5.13 Å². The molecule has 7 heteroatoms. The third-order valence-corrected chi connectivity index (χ3v) is 5.36. The smallest absolute Gasteiger partial charge is 0.246 e. The lowest BCUT2D eigenvalue weighted by molar-refractivity contribution is -0.124. The van der Waals surface area contributed by atoms with Crippen molar-refractivity contribution in [3.8, 4) is 11.3 Å². The first-order valence-corrected chi connectivity index (χ1v) is 9.15. The summed E-state index contributed by atoms with van der Waals surface area (Å²) >= 11 is 1.41. The van der Waals surface area contributed by atoms with Crippen LogP contribution >= 0.6 is 23.7 Å². The Morgan fingerprint density at radius 1 is 1.15 bits per heavy atom. The van der Waals surface area contributed by atoms with Gasteiger partial charge in [0.25, 0.3) is 0 Å². The van der Waals surface area contributed by atoms with Crippen molar-refractivity contribution in [1.29, 1.82) is 0 Å². The van der Waals surface area contributed by atoms with Gasteiger partial charge in [0.05, 0.1) is 5.69 Å². The molecule has 1 saturated heterocycles. The number of nitrogens with two attached hydrogens (primary N) is 1. The van der Waals surface area contributed by atoms with Crippen LogP contribution in [0.25, 0.3) is 22.0 Å². The molecule has 0 radical (unpaired) electrons. The normalized spacial score (nSPS) is 16.0. The molecular weight excluding hydrogens is 370 g/mol. The summed E-state index contributed by atoms with van der Waals surface area (Å²) in [5.74, 6) is -0.185. The van der Waals surface area contributed by atoms with E-state index in [0.29, 0.717) is 31.2 Å². The Balaban J connectivity index is 0.00000196. The van der Waals surface area contributed by atoms with Crippen molar-refractivity contribution < 1.29 is 9.53 Å². The number of benzene rings is 2. The van der Waals surface area contributed by atoms with Gasteiger partial charge in [-0.15, -0.1) is 23.7 Å². The van der Waals surface area contributed by atoms with Gasteiger partial charge in [0.1, 0.15) is 5.54 Å². The summed E-state index contributed by atoms with van der Waals surface area (Å²) < 4.78 is 5.29. The lowest BCUT2D eigenvalue weighted by atomic mass is 9.90. The molecule has 0 atom stereocenters. The van der Waals surface area contributed by atoms with Gasteiger partial charge in [-0.25, -0.2) is 4.98 Å². The Hall–Kier alpha value is -1.99. The van der Waals surface area contributed by atoms with Crippen molar-refractivity contribution in [3.05, 3.63) is 47.8 Å². The van der Waals surface area contributed by atoms with Crippen LogP contribution in [0.4, 0.5) is 5.13 Å². The number of rotatable bonds is 3. The second kappa shape index (κ2) is 7.72. The third-order valence-electron chi connectivity index (χ3n) is 4.61. The van der Waals surface area contributed by atoms with E-state index in [1.165, 1.54) is 22.1 Å². The zero-order valence-electron chi connectivity index (χ0n) is 14.1. The third kappa shape index (κ3) is 3.73. The highest BCUT2D eigenvalue weighted by Crippen LogP contribution is 2.28. The maximum Gasteiger partial charge on any atom is 0.246 e. The predicted molar refractivity (Wildman–Crippen MR) is 108 cm³/mol. The van der Waals surface area contributed by atoms with Gasteiger partial charge in [-0.3, -0.25) is 4.79 Å². The molecular formula is C19H20ClN3O2S. The highest BCUT2D eigenvalue weighted by molar-refractivity contribution is 7.14. The minimum atomic E-state index is -0.868. The largest absolute Gasteiger partial charge is 0.381 e. The molecule has 1 fully saturated rings. The number of fused-ring (bicyclic) bond motifs is 1. The molecule has 0 unspecified atom stereocenters. The van der Waals surface area contributed by atoms with Crippen molar-refractivity contribution in [3.63, 3.8) is 0 Å². The van der Waals surface area contributed by atoms with E-state index >= 15 is 0 Å². The number of hydrogen-bond acceptors (Lipinski definition) is 5. The number of anilines is 1. The minimum Gasteiger partial charge on any atom is -0.381 e. The molecule has 1 aliphatic heterocycles. The first-order valence-electron chi connectivity index (χ1n) is 8.27. The van der Waals surface area contributed by atoms with E-state index in [9.17, 15) is 4.79 Å². The first kappa shape index (κ1) is 18.8. The molecule has 1 aromatic heterocycles. The maximum atomic E-state index is 12.5. The lowest BCUT2D eigenvalue weighted by Gasteiger charge is -2.31. The van der Waals surface area contributed by atoms with Gasteiger partial charge in [-0.05, 0) is 29.7 Å². The Bertz CT molecular complexity index is 922. The second-order valence-corrected chi connectivity index (χ2v) is 7.18. The summed E-state index contributed by atoms with van der Waals surface area (Å²) in [6, 6.07) is 14.5. The van der Waals surface area contributed by atoms with Crippen LogP contribution in [0.15, 0.2) is 47.8 Å². The maximum absolute atomic E-state index is 12.5. The number of aromatic nitrogens is 1. The Labute approximate surface area is 162 Å². The molecule has 4 rings (SSSR count). The van der Waals surface area contributed by atoms with Gasteiger partial charge in [0.2, 0.25) is 5.91 Å². The number of halogens is 1. The Kier molecular flexibility index (Phi) is 5.58. The van der Waals surface area contributed by atoms with Crippen LogP contribution in [0.3, 0.4) is 0 Å². The topological polar surface area (TPSA) is 77.2 Å². The van der Waals surface area contributed by atoms with Crippen molar-refractivity contribution in [2.24, 2.45) is 5.73 Å². The van der Waals surface area contributed by atoms with Gasteiger partial charge in [-0.1, -0.05) is 36.4 Å². The number of hydrogen-bond donors (Lipinski definition) is 2. The van der Waals surface area contributed by atoms with Gasteiger partial charge in [-0.2, -0.15) is 0 Å². The van der Waals surface area contributed by atoms with Crippen LogP contribution in [0.5, 0.6) is 0 Å². The van der Waals surface area contributed by atoms with E-state index in [0.717, 1.165) is 11.3 Å². The fourth-order valence-electron chi connectivity index (χ4n) is 3.00. The average molecular weight is 390 g/mol. The van der Waals surface area contributed by atoms with Crippen LogP contribution in [-0.2, 0) is 9.53 Å². The summed E-state index contributed by atoms with van der Waals surface area (Å²) in [6.45, 7) is 1.04. The summed E-state index contributed by atoms with van der Waals surface area (Å²) in [6.07, 6.45) is 1.06. The highest BCUT2D eigenvalue weighted by Gasteiger charge is 2.36. The fraction of sp³-hybridized carbons (Fsp3) is 0.263. The van der Waals surface area contributed by atoms with Gasteiger partial charge >= 0.3 is 0 Å². The number of amides is 1. The van der Waals surface area contributed by atoms with E-state index < -0.39 is 5.54 Å². The Morgan fingerprint density at radius 3 is 2.65 bits per heavy atom. The minimum absolute atomic E-state index is 0. The quantitative estimate of drug-likeness (QED) is 0.713. The summed E-state index contributed by atoms with van der Waals surface area (Å²) in [4.78, 5) is 17.0. The van der Waals surface area contributed by atoms with Crippen LogP contribution in [-0.4, -0.2) is 29.6 Å². The van der Waals surface area contributed by atoms with Crippen molar-refractivity contribution in [1.82, 2.24) is 4.98 Å². The van der Waals surface area contributed by atoms with Gasteiger partial charge in [0, 0.05) is 24.2 Å². The van der Waals surface area contributed by atoms with Crippen molar-refractivity contribution in [2.45, 2.75) is 18.4 Å². The average Bonchev–Trinajstić information content (AvgIpc) is 3.10. The molecule has 0 saturated carbocycles. The lowest BCUT2D eigenvalue weighted by Crippen LogP contribution is -2.54. The zero-order valence-corrected chi connectivity index (χ0v) is 15.7. The predicted octanol–water partition coefficient (Wildman–Crippen LogP) is 3.83. The molecule has 5 nitrogen and oxygen atoms in total. The van der Waals surface area contributed by atoms with Crippen LogP contribution in [0.1, 0.15) is 12.8 Å². The molecule has 0 aliphatic carbocycles. The molecule has 0 spiro atoms. The number of ether oxygens (including phenoxy) is 1. The van der Waals surface area contributed by atoms with Crippen molar-refractivity contribution >= 4 is 45.6 Å². The van der Waals surface area contributed by atoms with Crippen LogP contribution < -0.4 is 11.1 Å². The number of carbonyl (C=O) groups is 1. The monoisotopic (exact) mass is 389 g/mol. The molecule has 2 aromatic carbocycles. The summed E-state index contributed by atoms with van der Waals surface area (Å²) in [7, 11) is 0. The van der Waals surface area contributed by atoms with E-state index in [-0.39, 0.29) is 18.3 Å². The van der Waals surface area contributed by atoms with E-state index in [1.807, 2.05) is 23.6 Å². The van der Waals surface area contributed by atoms with Crippen LogP contribution in [0, 0.1) is 0 Å². The number of nitrogens with zero attached hydrogens (tertiary/aromatic N) is 1. The molecule has 3 N–H and O–H groups in total.